The molecular weight excluding hydrogens is 332 g/mol. The van der Waals surface area contributed by atoms with E-state index in [-0.39, 0.29) is 5.56 Å². The Morgan fingerprint density at radius 2 is 1.81 bits per heavy atom. The first-order valence-corrected chi connectivity index (χ1v) is 8.49. The monoisotopic (exact) mass is 352 g/mol. The van der Waals surface area contributed by atoms with Gasteiger partial charge in [0.2, 0.25) is 0 Å². The standard InChI is InChI=1S/C20H20N2O4/c1-3-17(26-14-9-5-4-6-10-14)20(24)25-13(2)18-21-16-12-8-7-11-15(16)19(23)22-18/h4-13,17H,3H2,1-2H3,(H,21,22,23)/t13-,17-/m1/s1. The van der Waals surface area contributed by atoms with Gasteiger partial charge in [-0.15, -0.1) is 0 Å². The predicted molar refractivity (Wildman–Crippen MR) is 98.0 cm³/mol. The largest absolute Gasteiger partial charge is 0.479 e. The van der Waals surface area contributed by atoms with Crippen LogP contribution in [-0.2, 0) is 9.53 Å². The number of rotatable bonds is 6. The number of fused-ring (bicyclic) bond motifs is 1. The van der Waals surface area contributed by atoms with Gasteiger partial charge < -0.3 is 14.5 Å². The van der Waals surface area contributed by atoms with Gasteiger partial charge in [-0.05, 0) is 37.6 Å². The molecule has 6 heteroatoms. The van der Waals surface area contributed by atoms with E-state index < -0.39 is 18.2 Å². The van der Waals surface area contributed by atoms with Crippen molar-refractivity contribution in [3.63, 3.8) is 0 Å². The van der Waals surface area contributed by atoms with Crippen LogP contribution in [0, 0.1) is 0 Å². The molecule has 0 fully saturated rings. The molecule has 0 saturated carbocycles. The molecule has 6 nitrogen and oxygen atoms in total. The van der Waals surface area contributed by atoms with E-state index in [9.17, 15) is 9.59 Å². The van der Waals surface area contributed by atoms with Crippen LogP contribution in [0.4, 0.5) is 0 Å². The number of esters is 1. The highest BCUT2D eigenvalue weighted by molar-refractivity contribution is 5.77. The minimum Gasteiger partial charge on any atom is -0.479 e. The van der Waals surface area contributed by atoms with E-state index in [4.69, 9.17) is 9.47 Å². The number of aromatic nitrogens is 2. The lowest BCUT2D eigenvalue weighted by atomic mass is 10.2. The van der Waals surface area contributed by atoms with E-state index in [0.717, 1.165) is 0 Å². The molecule has 0 radical (unpaired) electrons. The van der Waals surface area contributed by atoms with E-state index in [0.29, 0.717) is 28.9 Å². The number of aromatic amines is 1. The number of ether oxygens (including phenoxy) is 2. The first kappa shape index (κ1) is 17.7. The molecule has 3 aromatic rings. The van der Waals surface area contributed by atoms with Gasteiger partial charge in [0, 0.05) is 0 Å². The summed E-state index contributed by atoms with van der Waals surface area (Å²) >= 11 is 0. The average molecular weight is 352 g/mol. The molecule has 1 N–H and O–H groups in total. The van der Waals surface area contributed by atoms with Crippen LogP contribution in [0.1, 0.15) is 32.2 Å². The molecule has 2 aromatic carbocycles. The van der Waals surface area contributed by atoms with Gasteiger partial charge in [0.15, 0.2) is 18.0 Å². The average Bonchev–Trinajstić information content (AvgIpc) is 2.66. The number of hydrogen-bond acceptors (Lipinski definition) is 5. The molecule has 0 saturated heterocycles. The number of carbonyl (C=O) groups is 1. The molecule has 0 aliphatic rings. The van der Waals surface area contributed by atoms with Crippen LogP contribution in [0.2, 0.25) is 0 Å². The van der Waals surface area contributed by atoms with Gasteiger partial charge in [0.1, 0.15) is 5.75 Å². The molecule has 0 spiro atoms. The summed E-state index contributed by atoms with van der Waals surface area (Å²) in [6, 6.07) is 16.1. The van der Waals surface area contributed by atoms with Gasteiger partial charge in [-0.1, -0.05) is 37.3 Å². The Morgan fingerprint density at radius 1 is 1.12 bits per heavy atom. The number of nitrogens with zero attached hydrogens (tertiary/aromatic N) is 1. The van der Waals surface area contributed by atoms with Crippen LogP contribution < -0.4 is 10.3 Å². The van der Waals surface area contributed by atoms with Crippen LogP contribution in [0.15, 0.2) is 59.4 Å². The molecule has 1 aromatic heterocycles. The highest BCUT2D eigenvalue weighted by Crippen LogP contribution is 2.18. The highest BCUT2D eigenvalue weighted by atomic mass is 16.6. The second-order valence-corrected chi connectivity index (χ2v) is 5.88. The Bertz CT molecular complexity index is 953. The van der Waals surface area contributed by atoms with Crippen LogP contribution in [0.25, 0.3) is 10.9 Å². The Balaban J connectivity index is 1.75. The predicted octanol–water partition coefficient (Wildman–Crippen LogP) is 3.38. The lowest BCUT2D eigenvalue weighted by molar-refractivity contribution is -0.157. The summed E-state index contributed by atoms with van der Waals surface area (Å²) in [6.45, 7) is 3.51. The molecule has 134 valence electrons. The second kappa shape index (κ2) is 7.82. The maximum atomic E-state index is 12.4. The van der Waals surface area contributed by atoms with Gasteiger partial charge in [-0.25, -0.2) is 9.78 Å². The van der Waals surface area contributed by atoms with E-state index >= 15 is 0 Å². The summed E-state index contributed by atoms with van der Waals surface area (Å²) in [5.41, 5.74) is 0.294. The normalized spacial score (nSPS) is 13.2. The molecular formula is C20H20N2O4. The SMILES string of the molecule is CC[C@@H](Oc1ccccc1)C(=O)O[C@H](C)c1nc2ccccc2c(=O)[nH]1. The Hall–Kier alpha value is -3.15. The fourth-order valence-electron chi connectivity index (χ4n) is 2.56. The first-order valence-electron chi connectivity index (χ1n) is 8.49. The summed E-state index contributed by atoms with van der Waals surface area (Å²) in [5.74, 6) is 0.400. The molecule has 2 atom stereocenters. The number of carbonyl (C=O) groups excluding carboxylic acids is 1. The van der Waals surface area contributed by atoms with Gasteiger partial charge in [-0.3, -0.25) is 4.79 Å². The van der Waals surface area contributed by atoms with Crippen LogP contribution in [0.5, 0.6) is 5.75 Å². The second-order valence-electron chi connectivity index (χ2n) is 5.88. The minimum atomic E-state index is -0.730. The third kappa shape index (κ3) is 3.91. The van der Waals surface area contributed by atoms with Crippen molar-refractivity contribution >= 4 is 16.9 Å². The molecule has 0 amide bonds. The minimum absolute atomic E-state index is 0.263. The van der Waals surface area contributed by atoms with Crippen molar-refractivity contribution in [2.45, 2.75) is 32.5 Å². The van der Waals surface area contributed by atoms with Gasteiger partial charge in [-0.2, -0.15) is 0 Å². The number of H-pyrrole nitrogens is 1. The number of benzene rings is 2. The third-order valence-electron chi connectivity index (χ3n) is 3.96. The zero-order valence-electron chi connectivity index (χ0n) is 14.6. The molecule has 26 heavy (non-hydrogen) atoms. The zero-order chi connectivity index (χ0) is 18.5. The van der Waals surface area contributed by atoms with Crippen molar-refractivity contribution in [3.05, 3.63) is 70.8 Å². The summed E-state index contributed by atoms with van der Waals surface area (Å²) in [7, 11) is 0. The summed E-state index contributed by atoms with van der Waals surface area (Å²) in [4.78, 5) is 31.7. The zero-order valence-corrected chi connectivity index (χ0v) is 14.6. The smallest absolute Gasteiger partial charge is 0.348 e. The summed E-state index contributed by atoms with van der Waals surface area (Å²) in [6.07, 6.45) is -0.970. The fourth-order valence-corrected chi connectivity index (χ4v) is 2.56. The van der Waals surface area contributed by atoms with Crippen molar-refractivity contribution in [1.82, 2.24) is 9.97 Å². The first-order chi connectivity index (χ1) is 12.6. The molecule has 3 rings (SSSR count). The molecule has 0 unspecified atom stereocenters. The van der Waals surface area contributed by atoms with E-state index in [1.54, 1.807) is 43.3 Å². The summed E-state index contributed by atoms with van der Waals surface area (Å²) < 4.78 is 11.2. The topological polar surface area (TPSA) is 81.3 Å². The lowest BCUT2D eigenvalue weighted by Gasteiger charge is -2.19. The number of hydrogen-bond donors (Lipinski definition) is 1. The molecule has 0 bridgehead atoms. The maximum Gasteiger partial charge on any atom is 0.348 e. The molecule has 1 heterocycles. The van der Waals surface area contributed by atoms with Crippen molar-refractivity contribution in [3.8, 4) is 5.75 Å². The number of para-hydroxylation sites is 2. The van der Waals surface area contributed by atoms with Crippen molar-refractivity contribution < 1.29 is 14.3 Å². The van der Waals surface area contributed by atoms with E-state index in [1.165, 1.54) is 0 Å². The van der Waals surface area contributed by atoms with E-state index in [1.807, 2.05) is 25.1 Å². The van der Waals surface area contributed by atoms with E-state index in [2.05, 4.69) is 9.97 Å². The van der Waals surface area contributed by atoms with Gasteiger partial charge in [0.05, 0.1) is 10.9 Å². The van der Waals surface area contributed by atoms with Gasteiger partial charge >= 0.3 is 5.97 Å². The maximum absolute atomic E-state index is 12.4. The van der Waals surface area contributed by atoms with Crippen LogP contribution >= 0.6 is 0 Å². The highest BCUT2D eigenvalue weighted by Gasteiger charge is 2.24. The molecule has 0 aliphatic carbocycles. The molecule has 0 aliphatic heterocycles. The Morgan fingerprint density at radius 3 is 2.54 bits per heavy atom. The van der Waals surface area contributed by atoms with Crippen molar-refractivity contribution in [1.29, 1.82) is 0 Å². The van der Waals surface area contributed by atoms with Gasteiger partial charge in [0.25, 0.3) is 5.56 Å². The lowest BCUT2D eigenvalue weighted by Crippen LogP contribution is -2.30. The van der Waals surface area contributed by atoms with Crippen molar-refractivity contribution in [2.24, 2.45) is 0 Å². The third-order valence-corrected chi connectivity index (χ3v) is 3.96. The van der Waals surface area contributed by atoms with Crippen molar-refractivity contribution in [2.75, 3.05) is 0 Å². The number of nitrogens with one attached hydrogen (secondary N) is 1. The summed E-state index contributed by atoms with van der Waals surface area (Å²) in [5, 5.41) is 0.494. The van der Waals surface area contributed by atoms with Crippen LogP contribution in [-0.4, -0.2) is 22.0 Å². The Kier molecular flexibility index (Phi) is 5.31. The quantitative estimate of drug-likeness (QED) is 0.688. The fraction of sp³-hybridized carbons (Fsp3) is 0.250. The van der Waals surface area contributed by atoms with Crippen LogP contribution in [0.3, 0.4) is 0 Å². The Labute approximate surface area is 150 Å².